The fourth-order valence-electron chi connectivity index (χ4n) is 1.54. The van der Waals surface area contributed by atoms with Crippen molar-refractivity contribution < 1.29 is 13.3 Å². The van der Waals surface area contributed by atoms with E-state index < -0.39 is 14.9 Å². The first kappa shape index (κ1) is 15.1. The predicted molar refractivity (Wildman–Crippen MR) is 67.9 cm³/mol. The summed E-state index contributed by atoms with van der Waals surface area (Å²) in [6, 6.07) is 5.80. The number of sulfonamides is 1. The molecule has 0 fully saturated rings. The summed E-state index contributed by atoms with van der Waals surface area (Å²) in [6.07, 6.45) is 0.639. The minimum atomic E-state index is -3.79. The number of nitro groups is 1. The van der Waals surface area contributed by atoms with Gasteiger partial charge in [0, 0.05) is 24.6 Å². The molecule has 0 unspecified atom stereocenters. The molecule has 0 aliphatic carbocycles. The quantitative estimate of drug-likeness (QED) is 0.482. The number of rotatable bonds is 6. The Morgan fingerprint density at radius 2 is 2.16 bits per heavy atom. The van der Waals surface area contributed by atoms with Gasteiger partial charge in [0.1, 0.15) is 0 Å². The molecular formula is C11H13N3O4S. The van der Waals surface area contributed by atoms with Gasteiger partial charge in [0.2, 0.25) is 10.0 Å². The molecule has 1 aromatic carbocycles. The lowest BCUT2D eigenvalue weighted by Gasteiger charge is -2.08. The fraction of sp³-hybridized carbons (Fsp3) is 0.364. The molecule has 0 radical (unpaired) electrons. The van der Waals surface area contributed by atoms with Crippen LogP contribution in [0.5, 0.6) is 0 Å². The van der Waals surface area contributed by atoms with Gasteiger partial charge >= 0.3 is 0 Å². The maximum atomic E-state index is 12.0. The number of nitriles is 1. The second-order valence-electron chi connectivity index (χ2n) is 3.82. The van der Waals surface area contributed by atoms with Gasteiger partial charge < -0.3 is 0 Å². The molecule has 0 heterocycles. The van der Waals surface area contributed by atoms with Crippen LogP contribution in [0, 0.1) is 28.4 Å². The smallest absolute Gasteiger partial charge is 0.258 e. The van der Waals surface area contributed by atoms with E-state index >= 15 is 0 Å². The summed E-state index contributed by atoms with van der Waals surface area (Å²) in [5.41, 5.74) is -0.139. The summed E-state index contributed by atoms with van der Waals surface area (Å²) >= 11 is 0. The van der Waals surface area contributed by atoms with Crippen molar-refractivity contribution in [2.45, 2.75) is 24.7 Å². The van der Waals surface area contributed by atoms with Crippen molar-refractivity contribution in [1.29, 1.82) is 5.26 Å². The van der Waals surface area contributed by atoms with Crippen LogP contribution in [0.4, 0.5) is 5.69 Å². The largest absolute Gasteiger partial charge is 0.273 e. The maximum absolute atomic E-state index is 12.0. The van der Waals surface area contributed by atoms with Crippen LogP contribution in [0.2, 0.25) is 0 Å². The Morgan fingerprint density at radius 3 is 2.74 bits per heavy atom. The Morgan fingerprint density at radius 1 is 1.47 bits per heavy atom. The highest BCUT2D eigenvalue weighted by Crippen LogP contribution is 2.24. The van der Waals surface area contributed by atoms with Crippen LogP contribution >= 0.6 is 0 Å². The molecule has 0 atom stereocenters. The number of hydrogen-bond donors (Lipinski definition) is 1. The van der Waals surface area contributed by atoms with Crippen LogP contribution in [-0.4, -0.2) is 19.9 Å². The topological polar surface area (TPSA) is 113 Å². The van der Waals surface area contributed by atoms with E-state index in [9.17, 15) is 18.5 Å². The summed E-state index contributed by atoms with van der Waals surface area (Å²) in [7, 11) is -3.79. The molecular weight excluding hydrogens is 270 g/mol. The van der Waals surface area contributed by atoms with Crippen molar-refractivity contribution >= 4 is 15.7 Å². The van der Waals surface area contributed by atoms with Crippen molar-refractivity contribution in [3.8, 4) is 6.07 Å². The van der Waals surface area contributed by atoms with Gasteiger partial charge in [0.05, 0.1) is 15.9 Å². The van der Waals surface area contributed by atoms with E-state index in [0.717, 1.165) is 0 Å². The highest BCUT2D eigenvalue weighted by molar-refractivity contribution is 7.89. The lowest BCUT2D eigenvalue weighted by Crippen LogP contribution is -2.25. The van der Waals surface area contributed by atoms with Crippen molar-refractivity contribution in [2.75, 3.05) is 6.54 Å². The standard InChI is InChI=1S/C11H13N3O4S/c1-9-10(14(15)16)5-4-6-11(9)19(17,18)13-8-3-2-7-12/h4-6,13H,2-3,8H2,1H3. The molecule has 0 saturated heterocycles. The Hall–Kier alpha value is -1.98. The Labute approximate surface area is 111 Å². The maximum Gasteiger partial charge on any atom is 0.273 e. The number of unbranched alkanes of at least 4 members (excludes halogenated alkanes) is 1. The SMILES string of the molecule is Cc1c([N+](=O)[O-])cccc1S(=O)(=O)NCCCC#N. The molecule has 19 heavy (non-hydrogen) atoms. The molecule has 1 aromatic rings. The fourth-order valence-corrected chi connectivity index (χ4v) is 2.88. The normalized spacial score (nSPS) is 10.9. The lowest BCUT2D eigenvalue weighted by atomic mass is 10.2. The van der Waals surface area contributed by atoms with Crippen molar-refractivity contribution in [3.05, 3.63) is 33.9 Å². The van der Waals surface area contributed by atoms with Crippen LogP contribution in [0.15, 0.2) is 23.1 Å². The van der Waals surface area contributed by atoms with E-state index in [1.54, 1.807) is 0 Å². The van der Waals surface area contributed by atoms with Crippen molar-refractivity contribution in [1.82, 2.24) is 4.72 Å². The lowest BCUT2D eigenvalue weighted by molar-refractivity contribution is -0.385. The van der Waals surface area contributed by atoms with Crippen LogP contribution in [-0.2, 0) is 10.0 Å². The van der Waals surface area contributed by atoms with Gasteiger partial charge in [0.15, 0.2) is 0 Å². The van der Waals surface area contributed by atoms with Crippen LogP contribution < -0.4 is 4.72 Å². The molecule has 0 saturated carbocycles. The van der Waals surface area contributed by atoms with Crippen molar-refractivity contribution in [2.24, 2.45) is 0 Å². The van der Waals surface area contributed by atoms with Crippen molar-refractivity contribution in [3.63, 3.8) is 0 Å². The molecule has 0 aromatic heterocycles. The number of nitrogens with one attached hydrogen (secondary N) is 1. The number of nitro benzene ring substituents is 1. The second kappa shape index (κ2) is 6.26. The van der Waals surface area contributed by atoms with Gasteiger partial charge in [-0.3, -0.25) is 10.1 Å². The minimum Gasteiger partial charge on any atom is -0.258 e. The number of hydrogen-bond acceptors (Lipinski definition) is 5. The van der Waals surface area contributed by atoms with E-state index in [2.05, 4.69) is 4.72 Å². The zero-order valence-corrected chi connectivity index (χ0v) is 11.1. The molecule has 102 valence electrons. The first-order valence-corrected chi connectivity index (χ1v) is 6.99. The third-order valence-electron chi connectivity index (χ3n) is 2.50. The molecule has 0 amide bonds. The van der Waals surface area contributed by atoms with Gasteiger partial charge in [0.25, 0.3) is 5.69 Å². The highest BCUT2D eigenvalue weighted by atomic mass is 32.2. The van der Waals surface area contributed by atoms with Gasteiger partial charge in [-0.15, -0.1) is 0 Å². The van der Waals surface area contributed by atoms with E-state index in [0.29, 0.717) is 6.42 Å². The van der Waals surface area contributed by atoms with E-state index in [1.807, 2.05) is 6.07 Å². The van der Waals surface area contributed by atoms with Gasteiger partial charge in [-0.2, -0.15) is 5.26 Å². The Bertz CT molecular complexity index is 619. The summed E-state index contributed by atoms with van der Waals surface area (Å²) < 4.78 is 26.3. The Kier molecular flexibility index (Phi) is 4.97. The van der Waals surface area contributed by atoms with E-state index in [4.69, 9.17) is 5.26 Å². The zero-order chi connectivity index (χ0) is 14.5. The van der Waals surface area contributed by atoms with E-state index in [1.165, 1.54) is 25.1 Å². The average Bonchev–Trinajstić information content (AvgIpc) is 2.34. The third kappa shape index (κ3) is 3.74. The zero-order valence-electron chi connectivity index (χ0n) is 10.3. The van der Waals surface area contributed by atoms with Gasteiger partial charge in [-0.1, -0.05) is 6.07 Å². The molecule has 0 bridgehead atoms. The first-order valence-electron chi connectivity index (χ1n) is 5.51. The summed E-state index contributed by atoms with van der Waals surface area (Å²) in [4.78, 5) is 10.0. The summed E-state index contributed by atoms with van der Waals surface area (Å²) in [6.45, 7) is 1.51. The number of benzene rings is 1. The molecule has 1 rings (SSSR count). The van der Waals surface area contributed by atoms with Crippen LogP contribution in [0.25, 0.3) is 0 Å². The van der Waals surface area contributed by atoms with Crippen LogP contribution in [0.3, 0.4) is 0 Å². The molecule has 7 nitrogen and oxygen atoms in total. The molecule has 0 aliphatic rings. The summed E-state index contributed by atoms with van der Waals surface area (Å²) in [5, 5.41) is 19.1. The first-order chi connectivity index (χ1) is 8.90. The average molecular weight is 283 g/mol. The molecule has 1 N–H and O–H groups in total. The monoisotopic (exact) mass is 283 g/mol. The van der Waals surface area contributed by atoms with E-state index in [-0.39, 0.29) is 29.1 Å². The molecule has 0 spiro atoms. The summed E-state index contributed by atoms with van der Waals surface area (Å²) in [5.74, 6) is 0. The second-order valence-corrected chi connectivity index (χ2v) is 5.55. The predicted octanol–water partition coefficient (Wildman–Crippen LogP) is 1.49. The Balaban J connectivity index is 2.99. The molecule has 0 aliphatic heterocycles. The minimum absolute atomic E-state index is 0.0975. The highest BCUT2D eigenvalue weighted by Gasteiger charge is 2.22. The van der Waals surface area contributed by atoms with Crippen LogP contribution in [0.1, 0.15) is 18.4 Å². The van der Waals surface area contributed by atoms with Gasteiger partial charge in [-0.25, -0.2) is 13.1 Å². The number of nitrogens with zero attached hydrogens (tertiary/aromatic N) is 2. The van der Waals surface area contributed by atoms with Gasteiger partial charge in [-0.05, 0) is 19.4 Å². The molecule has 8 heteroatoms. The third-order valence-corrected chi connectivity index (χ3v) is 4.10.